The Balaban J connectivity index is 2.35. The number of rotatable bonds is 4. The topological polar surface area (TPSA) is 88.0 Å². The second kappa shape index (κ2) is 6.33. The third-order valence-corrected chi connectivity index (χ3v) is 4.63. The number of aromatic nitrogens is 1. The van der Waals surface area contributed by atoms with E-state index in [1.165, 1.54) is 6.07 Å². The van der Waals surface area contributed by atoms with Gasteiger partial charge in [0.15, 0.2) is 5.82 Å². The van der Waals surface area contributed by atoms with Gasteiger partial charge in [-0.05, 0) is 37.0 Å². The zero-order chi connectivity index (χ0) is 18.3. The molecule has 3 N–H and O–H groups in total. The fourth-order valence-corrected chi connectivity index (χ4v) is 3.54. The number of aromatic carboxylic acids is 1. The van der Waals surface area contributed by atoms with Crippen molar-refractivity contribution in [2.24, 2.45) is 5.73 Å². The molecule has 6 nitrogen and oxygen atoms in total. The molecule has 132 valence electrons. The highest BCUT2D eigenvalue weighted by atomic mass is 19.1. The molecule has 0 unspecified atom stereocenters. The predicted octanol–water partition coefficient (Wildman–Crippen LogP) is 1.71. The van der Waals surface area contributed by atoms with E-state index in [2.05, 4.69) is 6.58 Å². The maximum Gasteiger partial charge on any atom is 0.341 e. The van der Waals surface area contributed by atoms with Crippen LogP contribution in [0.25, 0.3) is 5.52 Å². The van der Waals surface area contributed by atoms with E-state index in [4.69, 9.17) is 5.73 Å². The Hall–Kier alpha value is -2.67. The van der Waals surface area contributed by atoms with E-state index in [-0.39, 0.29) is 11.6 Å². The number of carbonyl (C=O) groups is 1. The number of anilines is 1. The minimum Gasteiger partial charge on any atom is -0.477 e. The number of hydrogen-bond acceptors (Lipinski definition) is 4. The molecule has 25 heavy (non-hydrogen) atoms. The van der Waals surface area contributed by atoms with Gasteiger partial charge in [0.1, 0.15) is 5.56 Å². The number of aryl methyl sites for hydroxylation is 1. The lowest BCUT2D eigenvalue weighted by Crippen LogP contribution is -2.29. The van der Waals surface area contributed by atoms with Gasteiger partial charge in [0.25, 0.3) is 5.56 Å². The average molecular weight is 345 g/mol. The predicted molar refractivity (Wildman–Crippen MR) is 94.0 cm³/mol. The third-order valence-electron chi connectivity index (χ3n) is 4.63. The highest BCUT2D eigenvalue weighted by Gasteiger charge is 2.26. The Morgan fingerprint density at radius 3 is 2.84 bits per heavy atom. The summed E-state index contributed by atoms with van der Waals surface area (Å²) in [5.74, 6) is -1.90. The first-order chi connectivity index (χ1) is 11.8. The highest BCUT2D eigenvalue weighted by Crippen LogP contribution is 2.31. The van der Waals surface area contributed by atoms with E-state index in [1.807, 2.05) is 4.90 Å². The van der Waals surface area contributed by atoms with Crippen LogP contribution in [0.1, 0.15) is 27.9 Å². The Labute approximate surface area is 144 Å². The Bertz CT molecular complexity index is 936. The molecular formula is C18H20FN3O3. The zero-order valence-corrected chi connectivity index (χ0v) is 14.0. The summed E-state index contributed by atoms with van der Waals surface area (Å²) in [6.45, 7) is 6.61. The highest BCUT2D eigenvalue weighted by molar-refractivity contribution is 5.89. The van der Waals surface area contributed by atoms with Crippen molar-refractivity contribution in [3.63, 3.8) is 0 Å². The van der Waals surface area contributed by atoms with Crippen molar-refractivity contribution in [3.8, 4) is 0 Å². The summed E-state index contributed by atoms with van der Waals surface area (Å²) < 4.78 is 15.9. The average Bonchev–Trinajstić information content (AvgIpc) is 2.96. The summed E-state index contributed by atoms with van der Waals surface area (Å²) in [4.78, 5) is 25.7. The van der Waals surface area contributed by atoms with Gasteiger partial charge in [-0.15, -0.1) is 6.58 Å². The van der Waals surface area contributed by atoms with Gasteiger partial charge in [-0.1, -0.05) is 6.08 Å². The van der Waals surface area contributed by atoms with Crippen LogP contribution in [0.15, 0.2) is 29.7 Å². The van der Waals surface area contributed by atoms with Gasteiger partial charge < -0.3 is 15.7 Å². The van der Waals surface area contributed by atoms with Crippen LogP contribution in [-0.2, 0) is 6.42 Å². The zero-order valence-electron chi connectivity index (χ0n) is 14.0. The fourth-order valence-electron chi connectivity index (χ4n) is 3.54. The quantitative estimate of drug-likeness (QED) is 0.824. The second-order valence-corrected chi connectivity index (χ2v) is 6.35. The van der Waals surface area contributed by atoms with Crippen molar-refractivity contribution in [2.45, 2.75) is 25.8 Å². The van der Waals surface area contributed by atoms with Gasteiger partial charge in [-0.2, -0.15) is 0 Å². The lowest BCUT2D eigenvalue weighted by Gasteiger charge is -2.23. The second-order valence-electron chi connectivity index (χ2n) is 6.35. The molecule has 3 heterocycles. The Morgan fingerprint density at radius 2 is 2.28 bits per heavy atom. The van der Waals surface area contributed by atoms with Gasteiger partial charge in [-0.3, -0.25) is 9.20 Å². The van der Waals surface area contributed by atoms with E-state index in [9.17, 15) is 19.1 Å². The summed E-state index contributed by atoms with van der Waals surface area (Å²) in [7, 11) is 0. The Morgan fingerprint density at radius 1 is 1.56 bits per heavy atom. The number of halogens is 1. The number of nitrogens with zero attached hydrogens (tertiary/aromatic N) is 2. The van der Waals surface area contributed by atoms with Crippen molar-refractivity contribution >= 4 is 17.2 Å². The van der Waals surface area contributed by atoms with Crippen molar-refractivity contribution in [1.29, 1.82) is 0 Å². The molecule has 1 saturated heterocycles. The lowest BCUT2D eigenvalue weighted by molar-refractivity contribution is 0.0694. The molecule has 1 aliphatic rings. The molecule has 2 aromatic rings. The largest absolute Gasteiger partial charge is 0.477 e. The van der Waals surface area contributed by atoms with Crippen LogP contribution in [0.3, 0.4) is 0 Å². The molecule has 3 rings (SSSR count). The molecule has 0 amide bonds. The molecule has 0 radical (unpaired) electrons. The lowest BCUT2D eigenvalue weighted by atomic mass is 10.0. The molecule has 0 aromatic carbocycles. The van der Waals surface area contributed by atoms with Gasteiger partial charge in [-0.25, -0.2) is 9.18 Å². The Kier molecular flexibility index (Phi) is 4.34. The number of pyridine rings is 2. The van der Waals surface area contributed by atoms with Crippen LogP contribution in [0.4, 0.5) is 10.1 Å². The first kappa shape index (κ1) is 17.2. The summed E-state index contributed by atoms with van der Waals surface area (Å²) in [6.07, 6.45) is 3.84. The normalized spacial score (nSPS) is 17.2. The third kappa shape index (κ3) is 2.80. The first-order valence-electron chi connectivity index (χ1n) is 8.07. The van der Waals surface area contributed by atoms with E-state index in [1.54, 1.807) is 13.0 Å². The smallest absolute Gasteiger partial charge is 0.341 e. The number of nitrogens with two attached hydrogens (primary N) is 1. The molecule has 1 fully saturated rings. The first-order valence-corrected chi connectivity index (χ1v) is 8.07. The summed E-state index contributed by atoms with van der Waals surface area (Å²) in [5.41, 5.74) is 6.95. The molecule has 0 aliphatic carbocycles. The summed E-state index contributed by atoms with van der Waals surface area (Å²) in [6, 6.07) is 1.34. The standard InChI is InChI=1S/C18H20FN3O3/c1-3-4-11-7-13(18(24)25)17(23)22-9-14(19)16(10(2)15(11)22)21-6-5-12(20)8-21/h3,7,9,12H,1,4-6,8,20H2,2H3,(H,24,25)/t12-/m0/s1. The van der Waals surface area contributed by atoms with E-state index in [0.717, 1.165) is 17.0 Å². The molecule has 0 saturated carbocycles. The van der Waals surface area contributed by atoms with E-state index < -0.39 is 17.3 Å². The molecule has 0 spiro atoms. The van der Waals surface area contributed by atoms with Gasteiger partial charge in [0.2, 0.25) is 0 Å². The number of carboxylic acid groups (broad SMARTS) is 1. The minimum absolute atomic E-state index is 0.0146. The van der Waals surface area contributed by atoms with Crippen LogP contribution in [0, 0.1) is 12.7 Å². The molecule has 2 aromatic heterocycles. The van der Waals surface area contributed by atoms with Crippen LogP contribution >= 0.6 is 0 Å². The van der Waals surface area contributed by atoms with Gasteiger partial charge >= 0.3 is 5.97 Å². The number of fused-ring (bicyclic) bond motifs is 1. The van der Waals surface area contributed by atoms with Crippen LogP contribution in [0.2, 0.25) is 0 Å². The van der Waals surface area contributed by atoms with Crippen LogP contribution < -0.4 is 16.2 Å². The van der Waals surface area contributed by atoms with E-state index >= 15 is 0 Å². The van der Waals surface area contributed by atoms with Crippen molar-refractivity contribution in [2.75, 3.05) is 18.0 Å². The monoisotopic (exact) mass is 345 g/mol. The number of carboxylic acids is 1. The molecule has 7 heteroatoms. The SMILES string of the molecule is C=CCc1cc(C(=O)O)c(=O)n2cc(F)c(N3CC[C@H](N)C3)c(C)c12. The fraction of sp³-hybridized carbons (Fsp3) is 0.333. The van der Waals surface area contributed by atoms with Crippen molar-refractivity contribution < 1.29 is 14.3 Å². The molecule has 0 bridgehead atoms. The maximum absolute atomic E-state index is 14.8. The summed E-state index contributed by atoms with van der Waals surface area (Å²) in [5, 5.41) is 9.26. The van der Waals surface area contributed by atoms with Crippen molar-refractivity contribution in [3.05, 3.63) is 57.8 Å². The van der Waals surface area contributed by atoms with Crippen LogP contribution in [-0.4, -0.2) is 34.6 Å². The molecular weight excluding hydrogens is 325 g/mol. The van der Waals surface area contributed by atoms with Crippen LogP contribution in [0.5, 0.6) is 0 Å². The molecule has 1 aliphatic heterocycles. The van der Waals surface area contributed by atoms with E-state index in [0.29, 0.717) is 41.8 Å². The summed E-state index contributed by atoms with van der Waals surface area (Å²) >= 11 is 0. The maximum atomic E-state index is 14.8. The number of allylic oxidation sites excluding steroid dienone is 1. The van der Waals surface area contributed by atoms with Gasteiger partial charge in [0.05, 0.1) is 17.4 Å². The van der Waals surface area contributed by atoms with Gasteiger partial charge in [0, 0.05) is 19.1 Å². The molecule has 1 atom stereocenters. The number of hydrogen-bond donors (Lipinski definition) is 2. The van der Waals surface area contributed by atoms with Crippen molar-refractivity contribution in [1.82, 2.24) is 4.40 Å². The minimum atomic E-state index is -1.34.